The molecule has 0 fully saturated rings. The van der Waals surface area contributed by atoms with Crippen LogP contribution >= 0.6 is 22.6 Å². The minimum absolute atomic E-state index is 0.404. The molecule has 0 aliphatic rings. The lowest BCUT2D eigenvalue weighted by Crippen LogP contribution is -2.39. The Balaban J connectivity index is 2.84. The van der Waals surface area contributed by atoms with E-state index >= 15 is 0 Å². The summed E-state index contributed by atoms with van der Waals surface area (Å²) in [5.74, 6) is -1.47. The van der Waals surface area contributed by atoms with Gasteiger partial charge in [0.05, 0.1) is 24.3 Å². The molecule has 2 N–H and O–H groups in total. The summed E-state index contributed by atoms with van der Waals surface area (Å²) in [6.45, 7) is -0.510. The van der Waals surface area contributed by atoms with Gasteiger partial charge in [-0.25, -0.2) is 0 Å². The van der Waals surface area contributed by atoms with Crippen molar-refractivity contribution in [2.24, 2.45) is 0 Å². The molecule has 0 aromatic heterocycles. The molecule has 0 aliphatic carbocycles. The number of nitriles is 1. The van der Waals surface area contributed by atoms with Gasteiger partial charge in [-0.3, -0.25) is 4.79 Å². The van der Waals surface area contributed by atoms with E-state index in [9.17, 15) is 13.6 Å². The van der Waals surface area contributed by atoms with E-state index in [0.29, 0.717) is 33.7 Å². The number of amides is 1. The van der Waals surface area contributed by atoms with E-state index in [2.05, 4.69) is 0 Å². The number of halogens is 3. The van der Waals surface area contributed by atoms with Crippen LogP contribution in [-0.2, 0) is 4.79 Å². The first-order valence-electron chi connectivity index (χ1n) is 4.87. The van der Waals surface area contributed by atoms with Gasteiger partial charge in [-0.05, 0) is 17.7 Å². The maximum Gasteiger partial charge on any atom is 0.372 e. The summed E-state index contributed by atoms with van der Waals surface area (Å²) in [6.07, 6.45) is 0. The van der Waals surface area contributed by atoms with E-state index in [-0.39, 0.29) is 0 Å². The molecule has 0 saturated heterocycles. The van der Waals surface area contributed by atoms with Crippen LogP contribution in [0.5, 0.6) is 0 Å². The van der Waals surface area contributed by atoms with Crippen LogP contribution in [0.25, 0.3) is 0 Å². The summed E-state index contributed by atoms with van der Waals surface area (Å²) < 4.78 is 21.9. The highest BCUT2D eigenvalue weighted by atomic mass is 127. The van der Waals surface area contributed by atoms with E-state index in [1.54, 1.807) is 0 Å². The second-order valence-corrected chi connectivity index (χ2v) is 4.80. The second-order valence-electron chi connectivity index (χ2n) is 3.44. The zero-order chi connectivity index (χ0) is 13.8. The minimum Gasteiger partial charge on any atom is -0.394 e. The molecular formula is C11H9F2IN2O2. The van der Waals surface area contributed by atoms with Crippen molar-refractivity contribution in [2.75, 3.05) is 6.61 Å². The zero-order valence-corrected chi connectivity index (χ0v) is 11.2. The molecule has 1 aromatic carbocycles. The van der Waals surface area contributed by atoms with Crippen LogP contribution in [0, 0.1) is 11.3 Å². The molecule has 0 bridgehead atoms. The molecule has 0 spiro atoms. The predicted molar refractivity (Wildman–Crippen MR) is 68.1 cm³/mol. The van der Waals surface area contributed by atoms with Crippen LogP contribution in [0.2, 0.25) is 0 Å². The third-order valence-corrected chi connectivity index (χ3v) is 2.68. The number of carbonyl (C=O) groups excluding carboxylic acids is 1. The highest BCUT2D eigenvalue weighted by Crippen LogP contribution is 2.24. The molecule has 96 valence electrons. The highest BCUT2D eigenvalue weighted by Gasteiger charge is 2.36. The standard InChI is InChI=1S/C11H9F2IN2O2/c12-11(13,14)10(18)16-9(6-17)8-3-1-7(5-15)2-4-8/h1-4,9,17H,6H2,(H,16,18). The van der Waals surface area contributed by atoms with Crippen molar-refractivity contribution in [3.63, 3.8) is 0 Å². The monoisotopic (exact) mass is 366 g/mol. The molecule has 18 heavy (non-hydrogen) atoms. The van der Waals surface area contributed by atoms with Crippen LogP contribution < -0.4 is 5.32 Å². The molecule has 1 atom stereocenters. The van der Waals surface area contributed by atoms with Crippen molar-refractivity contribution in [3.8, 4) is 6.07 Å². The molecule has 1 amide bonds. The van der Waals surface area contributed by atoms with Gasteiger partial charge in [0.25, 0.3) is 0 Å². The Bertz CT molecular complexity index is 465. The van der Waals surface area contributed by atoms with Crippen molar-refractivity contribution in [2.45, 2.75) is 9.97 Å². The van der Waals surface area contributed by atoms with Gasteiger partial charge in [-0.2, -0.15) is 14.0 Å². The van der Waals surface area contributed by atoms with Crippen LogP contribution in [-0.4, -0.2) is 21.5 Å². The fraction of sp³-hybridized carbons (Fsp3) is 0.273. The van der Waals surface area contributed by atoms with Crippen LogP contribution in [0.1, 0.15) is 17.2 Å². The van der Waals surface area contributed by atoms with Gasteiger partial charge in [-0.15, -0.1) is 0 Å². The number of rotatable bonds is 4. The topological polar surface area (TPSA) is 73.1 Å². The third kappa shape index (κ3) is 3.89. The maximum atomic E-state index is 12.7. The zero-order valence-electron chi connectivity index (χ0n) is 9.03. The van der Waals surface area contributed by atoms with Crippen molar-refractivity contribution >= 4 is 28.5 Å². The Morgan fingerprint density at radius 2 is 2.06 bits per heavy atom. The molecule has 1 rings (SSSR count). The number of hydrogen-bond donors (Lipinski definition) is 2. The number of carbonyl (C=O) groups is 1. The third-order valence-electron chi connectivity index (χ3n) is 2.19. The second kappa shape index (κ2) is 6.06. The van der Waals surface area contributed by atoms with Crippen molar-refractivity contribution in [1.82, 2.24) is 5.32 Å². The molecule has 1 unspecified atom stereocenters. The summed E-state index contributed by atoms with van der Waals surface area (Å²) >= 11 is 0.713. The fourth-order valence-corrected chi connectivity index (χ4v) is 1.42. The lowest BCUT2D eigenvalue weighted by molar-refractivity contribution is -0.134. The van der Waals surface area contributed by atoms with Crippen molar-refractivity contribution < 1.29 is 18.7 Å². The molecule has 0 aliphatic heterocycles. The summed E-state index contributed by atoms with van der Waals surface area (Å²) in [6, 6.07) is 6.92. The van der Waals surface area contributed by atoms with Gasteiger partial charge in [-0.1, -0.05) is 12.1 Å². The van der Waals surface area contributed by atoms with Gasteiger partial charge in [0.1, 0.15) is 0 Å². The summed E-state index contributed by atoms with van der Waals surface area (Å²) in [5, 5.41) is 19.7. The van der Waals surface area contributed by atoms with Crippen LogP contribution in [0.3, 0.4) is 0 Å². The first-order valence-corrected chi connectivity index (χ1v) is 5.95. The Hall–Kier alpha value is -1.27. The van der Waals surface area contributed by atoms with Gasteiger partial charge in [0.15, 0.2) is 0 Å². The van der Waals surface area contributed by atoms with E-state index < -0.39 is 22.5 Å². The normalized spacial score (nSPS) is 12.6. The SMILES string of the molecule is N#Cc1ccc(C(CO)NC(=O)C(F)(F)I)cc1. The summed E-state index contributed by atoms with van der Waals surface area (Å²) in [7, 11) is 0. The molecule has 0 radical (unpaired) electrons. The van der Waals surface area contributed by atoms with Crippen molar-refractivity contribution in [3.05, 3.63) is 35.4 Å². The van der Waals surface area contributed by atoms with Gasteiger partial charge in [0.2, 0.25) is 0 Å². The molecule has 7 heteroatoms. The highest BCUT2D eigenvalue weighted by molar-refractivity contribution is 14.1. The Labute approximate surface area is 116 Å². The molecule has 0 saturated carbocycles. The first-order chi connectivity index (χ1) is 8.38. The van der Waals surface area contributed by atoms with E-state index in [0.717, 1.165) is 0 Å². The Morgan fingerprint density at radius 3 is 2.44 bits per heavy atom. The van der Waals surface area contributed by atoms with Gasteiger partial charge < -0.3 is 10.4 Å². The molecular weight excluding hydrogens is 357 g/mol. The van der Waals surface area contributed by atoms with Gasteiger partial charge in [0, 0.05) is 22.6 Å². The summed E-state index contributed by atoms with van der Waals surface area (Å²) in [5.41, 5.74) is 0.853. The average molecular weight is 366 g/mol. The van der Waals surface area contributed by atoms with Gasteiger partial charge >= 0.3 is 9.84 Å². The summed E-state index contributed by atoms with van der Waals surface area (Å²) in [4.78, 5) is 11.1. The number of alkyl halides is 3. The smallest absolute Gasteiger partial charge is 0.372 e. The molecule has 1 aromatic rings. The average Bonchev–Trinajstić information content (AvgIpc) is 2.34. The number of aliphatic hydroxyl groups is 1. The Kier molecular flexibility index (Phi) is 4.98. The predicted octanol–water partition coefficient (Wildman–Crippen LogP) is 1.74. The molecule has 0 heterocycles. The number of nitrogens with one attached hydrogen (secondary N) is 1. The first kappa shape index (κ1) is 14.8. The fourth-order valence-electron chi connectivity index (χ4n) is 1.26. The largest absolute Gasteiger partial charge is 0.394 e. The maximum absolute atomic E-state index is 12.7. The quantitative estimate of drug-likeness (QED) is 0.630. The number of nitrogens with zero attached hydrogens (tertiary/aromatic N) is 1. The van der Waals surface area contributed by atoms with E-state index in [4.69, 9.17) is 10.4 Å². The van der Waals surface area contributed by atoms with Crippen molar-refractivity contribution in [1.29, 1.82) is 5.26 Å². The minimum atomic E-state index is -3.53. The molecule has 4 nitrogen and oxygen atoms in total. The van der Waals surface area contributed by atoms with Crippen LogP contribution in [0.4, 0.5) is 8.78 Å². The van der Waals surface area contributed by atoms with Crippen LogP contribution in [0.15, 0.2) is 24.3 Å². The Morgan fingerprint density at radius 1 is 1.50 bits per heavy atom. The van der Waals surface area contributed by atoms with E-state index in [1.165, 1.54) is 24.3 Å². The number of hydrogen-bond acceptors (Lipinski definition) is 3. The number of aliphatic hydroxyl groups excluding tert-OH is 1. The van der Waals surface area contributed by atoms with E-state index in [1.807, 2.05) is 11.4 Å². The lowest BCUT2D eigenvalue weighted by Gasteiger charge is -2.18. The number of benzene rings is 1. The lowest BCUT2D eigenvalue weighted by atomic mass is 10.1.